The van der Waals surface area contributed by atoms with E-state index in [4.69, 9.17) is 9.84 Å². The van der Waals surface area contributed by atoms with E-state index in [0.29, 0.717) is 31.9 Å². The average Bonchev–Trinajstić information content (AvgIpc) is 2.39. The smallest absolute Gasteiger partial charge is 0.396 e. The molecular weight excluding hydrogens is 259 g/mol. The Labute approximate surface area is 109 Å². The normalized spacial score (nSPS) is 16.7. The predicted molar refractivity (Wildman–Crippen MR) is 65.3 cm³/mol. The van der Waals surface area contributed by atoms with Gasteiger partial charge in [-0.25, -0.2) is 0 Å². The molecule has 1 aromatic rings. The SMILES string of the molecule is OCCc1ccc(N2CCOCC2)c(C(F)(F)F)c1. The summed E-state index contributed by atoms with van der Waals surface area (Å²) in [5, 5.41) is 8.82. The van der Waals surface area contributed by atoms with Gasteiger partial charge >= 0.3 is 6.18 Å². The van der Waals surface area contributed by atoms with Crippen LogP contribution in [0.15, 0.2) is 18.2 Å². The molecule has 1 aliphatic rings. The Bertz CT molecular complexity index is 428. The molecule has 0 aromatic heterocycles. The first-order valence-electron chi connectivity index (χ1n) is 6.16. The zero-order chi connectivity index (χ0) is 13.9. The van der Waals surface area contributed by atoms with Gasteiger partial charge in [-0.2, -0.15) is 13.2 Å². The van der Waals surface area contributed by atoms with Gasteiger partial charge in [-0.05, 0) is 24.1 Å². The molecule has 1 N–H and O–H groups in total. The Morgan fingerprint density at radius 3 is 2.47 bits per heavy atom. The Balaban J connectivity index is 2.35. The highest BCUT2D eigenvalue weighted by atomic mass is 19.4. The molecule has 1 heterocycles. The first-order valence-corrected chi connectivity index (χ1v) is 6.16. The molecule has 3 nitrogen and oxygen atoms in total. The summed E-state index contributed by atoms with van der Waals surface area (Å²) >= 11 is 0. The van der Waals surface area contributed by atoms with Crippen LogP contribution in [0, 0.1) is 0 Å². The van der Waals surface area contributed by atoms with Crippen molar-refractivity contribution in [2.45, 2.75) is 12.6 Å². The topological polar surface area (TPSA) is 32.7 Å². The molecule has 1 saturated heterocycles. The highest BCUT2D eigenvalue weighted by molar-refractivity contribution is 5.56. The van der Waals surface area contributed by atoms with Crippen molar-refractivity contribution in [1.82, 2.24) is 0 Å². The second kappa shape index (κ2) is 5.79. The average molecular weight is 275 g/mol. The van der Waals surface area contributed by atoms with E-state index in [1.165, 1.54) is 6.07 Å². The van der Waals surface area contributed by atoms with Gasteiger partial charge in [-0.3, -0.25) is 0 Å². The van der Waals surface area contributed by atoms with Gasteiger partial charge in [0.25, 0.3) is 0 Å². The predicted octanol–water partition coefficient (Wildman–Crippen LogP) is 2.08. The van der Waals surface area contributed by atoms with Crippen LogP contribution in [-0.4, -0.2) is 38.0 Å². The number of benzene rings is 1. The van der Waals surface area contributed by atoms with Crippen molar-refractivity contribution < 1.29 is 23.0 Å². The van der Waals surface area contributed by atoms with E-state index in [-0.39, 0.29) is 18.7 Å². The van der Waals surface area contributed by atoms with Crippen molar-refractivity contribution >= 4 is 5.69 Å². The maximum absolute atomic E-state index is 13.1. The third-order valence-electron chi connectivity index (χ3n) is 3.12. The molecule has 0 spiro atoms. The lowest BCUT2D eigenvalue weighted by Crippen LogP contribution is -2.37. The minimum atomic E-state index is -4.39. The standard InChI is InChI=1S/C13H16F3NO2/c14-13(15,16)11-9-10(3-6-18)1-2-12(11)17-4-7-19-8-5-17/h1-2,9,18H,3-8H2. The first kappa shape index (κ1) is 14.1. The van der Waals surface area contributed by atoms with E-state index in [2.05, 4.69) is 0 Å². The molecule has 0 radical (unpaired) electrons. The molecule has 6 heteroatoms. The summed E-state index contributed by atoms with van der Waals surface area (Å²) < 4.78 is 44.5. The molecule has 1 aliphatic heterocycles. The molecule has 1 fully saturated rings. The highest BCUT2D eigenvalue weighted by Gasteiger charge is 2.35. The number of ether oxygens (including phenoxy) is 1. The summed E-state index contributed by atoms with van der Waals surface area (Å²) in [5.41, 5.74) is 0.0460. The van der Waals surface area contributed by atoms with Gasteiger partial charge in [0.15, 0.2) is 0 Å². The molecule has 106 valence electrons. The van der Waals surface area contributed by atoms with Crippen molar-refractivity contribution in [1.29, 1.82) is 0 Å². The van der Waals surface area contributed by atoms with Crippen molar-refractivity contribution in [3.8, 4) is 0 Å². The minimum absolute atomic E-state index is 0.159. The summed E-state index contributed by atoms with van der Waals surface area (Å²) in [5.74, 6) is 0. The second-order valence-electron chi connectivity index (χ2n) is 4.42. The lowest BCUT2D eigenvalue weighted by Gasteiger charge is -2.31. The number of rotatable bonds is 3. The molecule has 0 atom stereocenters. The van der Waals surface area contributed by atoms with Crippen molar-refractivity contribution in [3.05, 3.63) is 29.3 Å². The van der Waals surface area contributed by atoms with Crippen molar-refractivity contribution in [2.24, 2.45) is 0 Å². The van der Waals surface area contributed by atoms with Gasteiger partial charge in [0.1, 0.15) is 0 Å². The van der Waals surface area contributed by atoms with E-state index in [0.717, 1.165) is 6.07 Å². The largest absolute Gasteiger partial charge is 0.418 e. The van der Waals surface area contributed by atoms with E-state index in [1.54, 1.807) is 11.0 Å². The Morgan fingerprint density at radius 2 is 1.89 bits per heavy atom. The Kier molecular flexibility index (Phi) is 4.31. The minimum Gasteiger partial charge on any atom is -0.396 e. The van der Waals surface area contributed by atoms with Crippen LogP contribution in [0.4, 0.5) is 18.9 Å². The quantitative estimate of drug-likeness (QED) is 0.916. The highest BCUT2D eigenvalue weighted by Crippen LogP contribution is 2.37. The maximum Gasteiger partial charge on any atom is 0.418 e. The van der Waals surface area contributed by atoms with Gasteiger partial charge in [0.2, 0.25) is 0 Å². The van der Waals surface area contributed by atoms with Crippen LogP contribution >= 0.6 is 0 Å². The molecule has 0 unspecified atom stereocenters. The molecule has 0 saturated carbocycles. The molecule has 1 aromatic carbocycles. The third kappa shape index (κ3) is 3.39. The van der Waals surface area contributed by atoms with Gasteiger partial charge in [0, 0.05) is 25.4 Å². The first-order chi connectivity index (χ1) is 9.02. The second-order valence-corrected chi connectivity index (χ2v) is 4.42. The van der Waals surface area contributed by atoms with Crippen LogP contribution in [0.1, 0.15) is 11.1 Å². The van der Waals surface area contributed by atoms with Crippen LogP contribution < -0.4 is 4.90 Å². The number of halogens is 3. The van der Waals surface area contributed by atoms with Crippen LogP contribution in [-0.2, 0) is 17.3 Å². The van der Waals surface area contributed by atoms with Crippen LogP contribution in [0.25, 0.3) is 0 Å². The number of hydrogen-bond donors (Lipinski definition) is 1. The zero-order valence-electron chi connectivity index (χ0n) is 10.4. The van der Waals surface area contributed by atoms with Crippen molar-refractivity contribution in [3.63, 3.8) is 0 Å². The van der Waals surface area contributed by atoms with Crippen LogP contribution in [0.3, 0.4) is 0 Å². The Hall–Kier alpha value is -1.27. The van der Waals surface area contributed by atoms with Gasteiger partial charge in [0.05, 0.1) is 18.8 Å². The summed E-state index contributed by atoms with van der Waals surface area (Å²) in [7, 11) is 0. The number of hydrogen-bond acceptors (Lipinski definition) is 3. The van der Waals surface area contributed by atoms with E-state index >= 15 is 0 Å². The lowest BCUT2D eigenvalue weighted by molar-refractivity contribution is -0.137. The van der Waals surface area contributed by atoms with Gasteiger partial charge in [-0.1, -0.05) is 6.07 Å². The van der Waals surface area contributed by atoms with Crippen molar-refractivity contribution in [2.75, 3.05) is 37.8 Å². The summed E-state index contributed by atoms with van der Waals surface area (Å²) in [6.07, 6.45) is -4.16. The number of anilines is 1. The maximum atomic E-state index is 13.1. The summed E-state index contributed by atoms with van der Waals surface area (Å²) in [6.45, 7) is 1.64. The molecular formula is C13H16F3NO2. The number of aliphatic hydroxyl groups is 1. The molecule has 19 heavy (non-hydrogen) atoms. The third-order valence-corrected chi connectivity index (χ3v) is 3.12. The summed E-state index contributed by atoms with van der Waals surface area (Å²) in [6, 6.07) is 4.25. The molecule has 0 aliphatic carbocycles. The van der Waals surface area contributed by atoms with Gasteiger partial charge < -0.3 is 14.7 Å². The van der Waals surface area contributed by atoms with E-state index in [1.807, 2.05) is 0 Å². The number of morpholine rings is 1. The zero-order valence-corrected chi connectivity index (χ0v) is 10.4. The van der Waals surface area contributed by atoms with Crippen LogP contribution in [0.5, 0.6) is 0 Å². The monoisotopic (exact) mass is 275 g/mol. The number of alkyl halides is 3. The van der Waals surface area contributed by atoms with Gasteiger partial charge in [-0.15, -0.1) is 0 Å². The fraction of sp³-hybridized carbons (Fsp3) is 0.538. The number of nitrogens with zero attached hydrogens (tertiary/aromatic N) is 1. The van der Waals surface area contributed by atoms with E-state index in [9.17, 15) is 13.2 Å². The van der Waals surface area contributed by atoms with E-state index < -0.39 is 11.7 Å². The molecule has 0 bridgehead atoms. The summed E-state index contributed by atoms with van der Waals surface area (Å²) in [4.78, 5) is 1.69. The molecule has 2 rings (SSSR count). The number of aliphatic hydroxyl groups excluding tert-OH is 1. The fourth-order valence-electron chi connectivity index (χ4n) is 2.17. The Morgan fingerprint density at radius 1 is 1.21 bits per heavy atom. The lowest BCUT2D eigenvalue weighted by atomic mass is 10.0. The fourth-order valence-corrected chi connectivity index (χ4v) is 2.17. The molecule has 0 amide bonds. The van der Waals surface area contributed by atoms with Crippen LogP contribution in [0.2, 0.25) is 0 Å².